The standard InChI is InChI=1S/C16H28N4O8.Pb.2H/c21-13(22)9-17-1-2-18(10-14(23)24)5-6-20(12-16(27)28)8-7-19(4-3-17)11-15(25)26;;;/h1-12H2,(H,21,22)(H,23,24)(H,25,26)(H,27,28);;;. The van der Waals surface area contributed by atoms with Crippen molar-refractivity contribution in [3.8, 4) is 0 Å². The van der Waals surface area contributed by atoms with Gasteiger partial charge in [0, 0.05) is 52.4 Å². The number of hydrogen-bond acceptors (Lipinski definition) is 8. The number of carbonyl (C=O) groups is 4. The Morgan fingerprint density at radius 1 is 0.448 bits per heavy atom. The molecule has 13 heteroatoms. The monoisotopic (exact) mass is 614 g/mol. The topological polar surface area (TPSA) is 162 Å². The van der Waals surface area contributed by atoms with Crippen LogP contribution < -0.4 is 0 Å². The number of nitrogens with zero attached hydrogens (tertiary/aromatic N) is 4. The first-order chi connectivity index (χ1) is 13.2. The van der Waals surface area contributed by atoms with Crippen molar-refractivity contribution in [3.63, 3.8) is 0 Å². The van der Waals surface area contributed by atoms with Crippen molar-refractivity contribution in [1.82, 2.24) is 19.6 Å². The molecule has 2 radical (unpaired) electrons. The Bertz CT molecular complexity index is 453. The van der Waals surface area contributed by atoms with Gasteiger partial charge in [0.15, 0.2) is 0 Å². The molecule has 0 aromatic rings. The van der Waals surface area contributed by atoms with E-state index in [2.05, 4.69) is 0 Å². The van der Waals surface area contributed by atoms with Crippen LogP contribution in [0.25, 0.3) is 0 Å². The molecule has 0 amide bonds. The molecule has 29 heavy (non-hydrogen) atoms. The molecule has 1 fully saturated rings. The third-order valence-corrected chi connectivity index (χ3v) is 4.37. The van der Waals surface area contributed by atoms with E-state index >= 15 is 0 Å². The first-order valence-electron chi connectivity index (χ1n) is 8.92. The van der Waals surface area contributed by atoms with Crippen molar-refractivity contribution >= 4 is 51.2 Å². The van der Waals surface area contributed by atoms with Gasteiger partial charge in [-0.2, -0.15) is 0 Å². The Morgan fingerprint density at radius 2 is 0.586 bits per heavy atom. The van der Waals surface area contributed by atoms with Crippen LogP contribution in [0, 0.1) is 0 Å². The quantitative estimate of drug-likeness (QED) is 0.202. The van der Waals surface area contributed by atoms with Crippen LogP contribution in [-0.4, -0.2) is 170 Å². The van der Waals surface area contributed by atoms with E-state index in [1.165, 1.54) is 0 Å². The van der Waals surface area contributed by atoms with Gasteiger partial charge in [-0.05, 0) is 0 Å². The molecule has 12 nitrogen and oxygen atoms in total. The van der Waals surface area contributed by atoms with Crippen molar-refractivity contribution in [1.29, 1.82) is 0 Å². The molecule has 1 heterocycles. The fourth-order valence-electron chi connectivity index (χ4n) is 2.98. The average Bonchev–Trinajstić information content (AvgIpc) is 2.55. The van der Waals surface area contributed by atoms with Crippen LogP contribution in [-0.2, 0) is 19.2 Å². The summed E-state index contributed by atoms with van der Waals surface area (Å²) in [5.74, 6) is -4.08. The fraction of sp³-hybridized carbons (Fsp3) is 0.750. The molecule has 0 aromatic carbocycles. The predicted molar refractivity (Wildman–Crippen MR) is 105 cm³/mol. The summed E-state index contributed by atoms with van der Waals surface area (Å²) < 4.78 is 0. The molecule has 0 spiro atoms. The summed E-state index contributed by atoms with van der Waals surface area (Å²) >= 11 is 0. The predicted octanol–water partition coefficient (Wildman–Crippen LogP) is -3.37. The van der Waals surface area contributed by atoms with E-state index in [1.807, 2.05) is 0 Å². The normalized spacial score (nSPS) is 18.8. The van der Waals surface area contributed by atoms with Gasteiger partial charge in [-0.15, -0.1) is 0 Å². The molecule has 1 rings (SSSR count). The zero-order chi connectivity index (χ0) is 21.1. The van der Waals surface area contributed by atoms with Crippen molar-refractivity contribution in [2.75, 3.05) is 78.5 Å². The molecule has 0 aliphatic carbocycles. The van der Waals surface area contributed by atoms with Gasteiger partial charge >= 0.3 is 51.2 Å². The molecule has 1 saturated heterocycles. The first-order valence-corrected chi connectivity index (χ1v) is 8.92. The van der Waals surface area contributed by atoms with E-state index in [1.54, 1.807) is 19.6 Å². The molecule has 0 aromatic heterocycles. The number of rotatable bonds is 8. The summed E-state index contributed by atoms with van der Waals surface area (Å²) in [6.45, 7) is 1.52. The minimum atomic E-state index is -1.02. The Kier molecular flexibility index (Phi) is 13.9. The molecular formula is C16H30N4O8Pb. The maximum atomic E-state index is 11.1. The van der Waals surface area contributed by atoms with Gasteiger partial charge in [0.2, 0.25) is 0 Å². The molecule has 1 aliphatic heterocycles. The Labute approximate surface area is 188 Å². The van der Waals surface area contributed by atoms with E-state index < -0.39 is 23.9 Å². The summed E-state index contributed by atoms with van der Waals surface area (Å²) in [4.78, 5) is 50.9. The SMILES string of the molecule is O=C(O)CN1CCN(CC(=O)O)CCN(CC(=O)O)CCN(CC(=O)O)CC1.[PbH2]. The fourth-order valence-corrected chi connectivity index (χ4v) is 2.98. The van der Waals surface area contributed by atoms with E-state index in [9.17, 15) is 19.2 Å². The summed E-state index contributed by atoms with van der Waals surface area (Å²) in [6.07, 6.45) is 0. The van der Waals surface area contributed by atoms with Crippen LogP contribution in [0.2, 0.25) is 0 Å². The van der Waals surface area contributed by atoms with Crippen molar-refractivity contribution < 1.29 is 39.6 Å². The van der Waals surface area contributed by atoms with Crippen molar-refractivity contribution in [2.24, 2.45) is 0 Å². The molecule has 0 unspecified atom stereocenters. The minimum absolute atomic E-state index is 0. The van der Waals surface area contributed by atoms with Gasteiger partial charge < -0.3 is 20.4 Å². The van der Waals surface area contributed by atoms with E-state index in [0.29, 0.717) is 52.4 Å². The summed E-state index contributed by atoms with van der Waals surface area (Å²) in [5, 5.41) is 36.3. The van der Waals surface area contributed by atoms with Crippen LogP contribution in [0.15, 0.2) is 0 Å². The van der Waals surface area contributed by atoms with Crippen LogP contribution in [0.1, 0.15) is 0 Å². The van der Waals surface area contributed by atoms with Gasteiger partial charge in [-0.3, -0.25) is 38.8 Å². The van der Waals surface area contributed by atoms with Gasteiger partial charge in [0.1, 0.15) is 0 Å². The number of carboxylic acid groups (broad SMARTS) is 4. The number of carboxylic acids is 4. The Hall–Kier alpha value is -1.36. The summed E-state index contributed by atoms with van der Waals surface area (Å²) in [7, 11) is 0. The zero-order valence-electron chi connectivity index (χ0n) is 16.4. The van der Waals surface area contributed by atoms with Crippen LogP contribution in [0.4, 0.5) is 0 Å². The van der Waals surface area contributed by atoms with E-state index in [-0.39, 0.29) is 53.5 Å². The second kappa shape index (κ2) is 14.6. The van der Waals surface area contributed by atoms with E-state index in [0.717, 1.165) is 0 Å². The number of hydrogen-bond donors (Lipinski definition) is 4. The zero-order valence-corrected chi connectivity index (χ0v) is 21.9. The van der Waals surface area contributed by atoms with Crippen LogP contribution >= 0.6 is 0 Å². The van der Waals surface area contributed by atoms with E-state index in [4.69, 9.17) is 20.4 Å². The molecule has 166 valence electrons. The summed E-state index contributed by atoms with van der Waals surface area (Å²) in [5.41, 5.74) is 0. The van der Waals surface area contributed by atoms with Gasteiger partial charge in [-0.1, -0.05) is 0 Å². The number of aliphatic carboxylic acids is 4. The molecule has 1 aliphatic rings. The molecule has 4 N–H and O–H groups in total. The second-order valence-electron chi connectivity index (χ2n) is 6.68. The first kappa shape index (κ1) is 27.6. The Balaban J connectivity index is 0.00000784. The maximum absolute atomic E-state index is 11.1. The molecule has 0 saturated carbocycles. The van der Waals surface area contributed by atoms with Crippen molar-refractivity contribution in [3.05, 3.63) is 0 Å². The van der Waals surface area contributed by atoms with Crippen molar-refractivity contribution in [2.45, 2.75) is 0 Å². The molecular weight excluding hydrogens is 583 g/mol. The van der Waals surface area contributed by atoms with Crippen LogP contribution in [0.5, 0.6) is 0 Å². The van der Waals surface area contributed by atoms with Crippen LogP contribution in [0.3, 0.4) is 0 Å². The van der Waals surface area contributed by atoms with Gasteiger partial charge in [-0.25, -0.2) is 0 Å². The molecule has 0 atom stereocenters. The third kappa shape index (κ3) is 13.5. The third-order valence-electron chi connectivity index (χ3n) is 4.37. The Morgan fingerprint density at radius 3 is 0.690 bits per heavy atom. The summed E-state index contributed by atoms with van der Waals surface area (Å²) in [6, 6.07) is 0. The molecule has 0 bridgehead atoms. The van der Waals surface area contributed by atoms with Gasteiger partial charge in [0.05, 0.1) is 26.2 Å². The van der Waals surface area contributed by atoms with Gasteiger partial charge in [0.25, 0.3) is 0 Å². The average molecular weight is 614 g/mol. The second-order valence-corrected chi connectivity index (χ2v) is 6.68.